The summed E-state index contributed by atoms with van der Waals surface area (Å²) in [5, 5.41) is 8.69. The Labute approximate surface area is 176 Å². The molecule has 0 unspecified atom stereocenters. The average Bonchev–Trinajstić information content (AvgIpc) is 2.70. The van der Waals surface area contributed by atoms with E-state index in [0.29, 0.717) is 13.2 Å². The molecule has 2 aromatic carbocycles. The summed E-state index contributed by atoms with van der Waals surface area (Å²) in [5.74, 6) is 4.29. The van der Waals surface area contributed by atoms with Crippen LogP contribution in [0.15, 0.2) is 48.5 Å². The van der Waals surface area contributed by atoms with Gasteiger partial charge in [-0.1, -0.05) is 30.9 Å². The molecule has 0 aromatic heterocycles. The van der Waals surface area contributed by atoms with Crippen molar-refractivity contribution >= 4 is 6.79 Å². The molecule has 0 fully saturated rings. The van der Waals surface area contributed by atoms with E-state index in [0.717, 1.165) is 30.8 Å². The zero-order valence-corrected chi connectivity index (χ0v) is 18.2. The van der Waals surface area contributed by atoms with Crippen LogP contribution in [0.2, 0.25) is 0 Å². The normalized spacial score (nSPS) is 9.19. The Kier molecular flexibility index (Phi) is 14.9. The fourth-order valence-corrected chi connectivity index (χ4v) is 2.21. The Morgan fingerprint density at radius 1 is 0.963 bits per heavy atom. The summed E-state index contributed by atoms with van der Waals surface area (Å²) in [7, 11) is 0. The predicted molar refractivity (Wildman–Crippen MR) is 103 cm³/mol. The van der Waals surface area contributed by atoms with Gasteiger partial charge in [-0.25, -0.2) is 0 Å². The quantitative estimate of drug-likeness (QED) is 0.287. The first-order valence-electron chi connectivity index (χ1n) is 8.40. The molecule has 0 aliphatic heterocycles. The predicted octanol–water partition coefficient (Wildman–Crippen LogP) is 3.46. The molecule has 0 spiro atoms. The maximum atomic E-state index is 8.69. The van der Waals surface area contributed by atoms with Crippen molar-refractivity contribution in [3.05, 3.63) is 66.1 Å². The molecule has 0 saturated heterocycles. The van der Waals surface area contributed by atoms with Crippen molar-refractivity contribution < 1.29 is 40.4 Å². The first-order chi connectivity index (χ1) is 12.8. The summed E-state index contributed by atoms with van der Waals surface area (Å²) < 4.78 is 11.1. The van der Waals surface area contributed by atoms with Crippen LogP contribution in [0.5, 0.6) is 11.5 Å². The Bertz CT molecular complexity index is 648. The monoisotopic (exact) mass is 537 g/mol. The number of benzene rings is 2. The van der Waals surface area contributed by atoms with Crippen LogP contribution in [0.3, 0.4) is 0 Å². The van der Waals surface area contributed by atoms with Crippen LogP contribution in [0, 0.1) is 18.8 Å². The number of aliphatic hydroxyl groups is 1. The third-order valence-electron chi connectivity index (χ3n) is 3.49. The van der Waals surface area contributed by atoms with Gasteiger partial charge in [-0.15, -0.1) is 12.3 Å². The number of carbonyl (C=O) groups excluding carboxylic acids is 1. The van der Waals surface area contributed by atoms with Crippen molar-refractivity contribution in [2.45, 2.75) is 19.3 Å². The van der Waals surface area contributed by atoms with E-state index in [4.69, 9.17) is 25.8 Å². The molecule has 144 valence electrons. The van der Waals surface area contributed by atoms with Crippen LogP contribution in [-0.2, 0) is 32.3 Å². The van der Waals surface area contributed by atoms with Crippen molar-refractivity contribution in [1.82, 2.24) is 0 Å². The fourth-order valence-electron chi connectivity index (χ4n) is 2.21. The first kappa shape index (κ1) is 24.9. The number of unbranched alkanes of at least 4 members (excludes halogenated alkanes) is 1. The standard InChI is InChI=1S/C21H23O3.CH2O.W/c1-2-3-4-15-23-20-10-6-18(7-11-20)17-19-8-12-21(13-9-19)24-16-5-14-22;1-2;/h1,5-13,22H,3-4,14-17H2;1H2;/q-1;;. The SMILES string of the molecule is C#CCCCOc1ccc(Cc2ccc(OC[CH-]CO)cc2)cc1.C=O.[W]. The number of hydrogen-bond donors (Lipinski definition) is 1. The van der Waals surface area contributed by atoms with Crippen molar-refractivity contribution in [3.8, 4) is 23.8 Å². The zero-order chi connectivity index (χ0) is 19.0. The molecule has 5 heteroatoms. The Morgan fingerprint density at radius 3 is 1.96 bits per heavy atom. The van der Waals surface area contributed by atoms with Gasteiger partial charge in [0, 0.05) is 27.5 Å². The molecular formula is C22H25O4W-. The van der Waals surface area contributed by atoms with Crippen molar-refractivity contribution in [2.75, 3.05) is 19.8 Å². The second-order valence-electron chi connectivity index (χ2n) is 5.40. The van der Waals surface area contributed by atoms with Crippen molar-refractivity contribution in [2.24, 2.45) is 0 Å². The molecule has 0 bridgehead atoms. The molecular weight excluding hydrogens is 512 g/mol. The van der Waals surface area contributed by atoms with Crippen LogP contribution in [0.4, 0.5) is 0 Å². The molecule has 2 aromatic rings. The summed E-state index contributed by atoms with van der Waals surface area (Å²) >= 11 is 0. The smallest absolute Gasteiger partial charge is 0.119 e. The molecule has 1 N–H and O–H groups in total. The molecule has 0 aliphatic carbocycles. The van der Waals surface area contributed by atoms with Gasteiger partial charge in [-0.3, -0.25) is 6.42 Å². The Morgan fingerprint density at radius 2 is 1.48 bits per heavy atom. The fraction of sp³-hybridized carbons (Fsp3) is 0.273. The maximum absolute atomic E-state index is 8.69. The summed E-state index contributed by atoms with van der Waals surface area (Å²) in [6.45, 7) is 3.10. The van der Waals surface area contributed by atoms with Gasteiger partial charge in [0.15, 0.2) is 0 Å². The third-order valence-corrected chi connectivity index (χ3v) is 3.49. The molecule has 0 aliphatic rings. The molecule has 27 heavy (non-hydrogen) atoms. The third kappa shape index (κ3) is 10.6. The van der Waals surface area contributed by atoms with Gasteiger partial charge in [0.25, 0.3) is 0 Å². The largest absolute Gasteiger partial charge is 0.525 e. The molecule has 0 atom stereocenters. The minimum absolute atomic E-state index is 0. The maximum Gasteiger partial charge on any atom is 0.119 e. The van der Waals surface area contributed by atoms with E-state index in [1.54, 1.807) is 6.42 Å². The van der Waals surface area contributed by atoms with Crippen LogP contribution in [0.1, 0.15) is 24.0 Å². The van der Waals surface area contributed by atoms with Crippen molar-refractivity contribution in [3.63, 3.8) is 0 Å². The summed E-state index contributed by atoms with van der Waals surface area (Å²) in [6, 6.07) is 16.2. The Balaban J connectivity index is 0.00000218. The second kappa shape index (κ2) is 16.1. The van der Waals surface area contributed by atoms with Crippen LogP contribution >= 0.6 is 0 Å². The molecule has 0 heterocycles. The summed E-state index contributed by atoms with van der Waals surface area (Å²) in [5.41, 5.74) is 2.45. The van der Waals surface area contributed by atoms with Crippen molar-refractivity contribution in [1.29, 1.82) is 0 Å². The number of hydrogen-bond acceptors (Lipinski definition) is 4. The number of rotatable bonds is 10. The van der Waals surface area contributed by atoms with E-state index in [1.165, 1.54) is 11.1 Å². The summed E-state index contributed by atoms with van der Waals surface area (Å²) in [4.78, 5) is 8.00. The molecule has 2 rings (SSSR count). The van der Waals surface area contributed by atoms with E-state index in [1.807, 2.05) is 31.1 Å². The van der Waals surface area contributed by atoms with Gasteiger partial charge in [0.05, 0.1) is 6.61 Å². The number of aliphatic hydroxyl groups excluding tert-OH is 1. The first-order valence-corrected chi connectivity index (χ1v) is 8.40. The molecule has 4 nitrogen and oxygen atoms in total. The summed E-state index contributed by atoms with van der Waals surface area (Å²) in [6.07, 6.45) is 9.37. The van der Waals surface area contributed by atoms with Gasteiger partial charge in [0.1, 0.15) is 18.3 Å². The van der Waals surface area contributed by atoms with E-state index < -0.39 is 0 Å². The van der Waals surface area contributed by atoms with E-state index >= 15 is 0 Å². The number of carbonyl (C=O) groups is 1. The minimum atomic E-state index is 0. The topological polar surface area (TPSA) is 55.8 Å². The van der Waals surface area contributed by atoms with Gasteiger partial charge >= 0.3 is 0 Å². The van der Waals surface area contributed by atoms with Gasteiger partial charge in [-0.2, -0.15) is 0 Å². The second-order valence-corrected chi connectivity index (χ2v) is 5.40. The van der Waals surface area contributed by atoms with E-state index in [9.17, 15) is 0 Å². The van der Waals surface area contributed by atoms with Crippen LogP contribution in [-0.4, -0.2) is 31.7 Å². The number of terminal acetylenes is 1. The van der Waals surface area contributed by atoms with E-state index in [-0.39, 0.29) is 27.7 Å². The molecule has 0 radical (unpaired) electrons. The van der Waals surface area contributed by atoms with Gasteiger partial charge < -0.3 is 19.4 Å². The Hall–Kier alpha value is -2.08. The minimum Gasteiger partial charge on any atom is -0.525 e. The van der Waals surface area contributed by atoms with Crippen LogP contribution in [0.25, 0.3) is 0 Å². The molecule has 0 saturated carbocycles. The van der Waals surface area contributed by atoms with Gasteiger partial charge in [-0.05, 0) is 54.8 Å². The van der Waals surface area contributed by atoms with Crippen LogP contribution < -0.4 is 9.47 Å². The van der Waals surface area contributed by atoms with Gasteiger partial charge in [0.2, 0.25) is 0 Å². The molecule has 0 amide bonds. The number of ether oxygens (including phenoxy) is 2. The van der Waals surface area contributed by atoms with E-state index in [2.05, 4.69) is 30.2 Å². The average molecular weight is 537 g/mol. The zero-order valence-electron chi connectivity index (χ0n) is 15.3.